The summed E-state index contributed by atoms with van der Waals surface area (Å²) < 4.78 is 23.8. The van der Waals surface area contributed by atoms with Gasteiger partial charge in [0, 0.05) is 5.88 Å². The molecule has 0 fully saturated rings. The predicted molar refractivity (Wildman–Crippen MR) is 39.4 cm³/mol. The first-order valence-corrected chi connectivity index (χ1v) is 4.59. The van der Waals surface area contributed by atoms with Crippen LogP contribution in [0.15, 0.2) is 0 Å². The van der Waals surface area contributed by atoms with Crippen molar-refractivity contribution in [2.75, 3.05) is 12.5 Å². The van der Waals surface area contributed by atoms with Crippen molar-refractivity contribution in [2.24, 2.45) is 0 Å². The molecular formula is C5H10ClO3S-. The highest BCUT2D eigenvalue weighted by Crippen LogP contribution is 1.97. The number of rotatable bonds is 6. The predicted octanol–water partition coefficient (Wildman–Crippen LogP) is 1.21. The van der Waals surface area contributed by atoms with Crippen molar-refractivity contribution in [2.45, 2.75) is 19.3 Å². The van der Waals surface area contributed by atoms with Gasteiger partial charge in [-0.05, 0) is 19.3 Å². The van der Waals surface area contributed by atoms with Crippen LogP contribution in [0.1, 0.15) is 19.3 Å². The molecule has 0 aromatic rings. The van der Waals surface area contributed by atoms with E-state index in [9.17, 15) is 8.76 Å². The van der Waals surface area contributed by atoms with Crippen molar-refractivity contribution in [1.29, 1.82) is 0 Å². The van der Waals surface area contributed by atoms with Gasteiger partial charge in [0.25, 0.3) is 0 Å². The van der Waals surface area contributed by atoms with Crippen LogP contribution in [0.5, 0.6) is 0 Å². The molecule has 0 saturated heterocycles. The Morgan fingerprint density at radius 3 is 2.60 bits per heavy atom. The summed E-state index contributed by atoms with van der Waals surface area (Å²) in [7, 11) is 0. The van der Waals surface area contributed by atoms with Gasteiger partial charge in [0.2, 0.25) is 0 Å². The maximum absolute atomic E-state index is 9.78. The van der Waals surface area contributed by atoms with E-state index in [2.05, 4.69) is 4.18 Å². The Hall–Kier alpha value is 0.360. The lowest BCUT2D eigenvalue weighted by atomic mass is 10.3. The van der Waals surface area contributed by atoms with Crippen LogP contribution in [0.4, 0.5) is 0 Å². The van der Waals surface area contributed by atoms with E-state index < -0.39 is 11.4 Å². The van der Waals surface area contributed by atoms with Crippen molar-refractivity contribution < 1.29 is 12.9 Å². The van der Waals surface area contributed by atoms with Crippen molar-refractivity contribution in [1.82, 2.24) is 0 Å². The maximum atomic E-state index is 9.78. The Morgan fingerprint density at radius 1 is 1.40 bits per heavy atom. The van der Waals surface area contributed by atoms with E-state index in [-0.39, 0.29) is 6.61 Å². The molecule has 0 bridgehead atoms. The monoisotopic (exact) mass is 185 g/mol. The van der Waals surface area contributed by atoms with Crippen molar-refractivity contribution in [3.63, 3.8) is 0 Å². The van der Waals surface area contributed by atoms with Gasteiger partial charge in [-0.25, -0.2) is 4.21 Å². The van der Waals surface area contributed by atoms with E-state index in [4.69, 9.17) is 11.6 Å². The van der Waals surface area contributed by atoms with E-state index in [1.165, 1.54) is 0 Å². The van der Waals surface area contributed by atoms with Crippen molar-refractivity contribution in [3.8, 4) is 0 Å². The Labute approximate surface area is 68.2 Å². The molecule has 0 N–H and O–H groups in total. The van der Waals surface area contributed by atoms with Gasteiger partial charge in [0.1, 0.15) is 0 Å². The van der Waals surface area contributed by atoms with Crippen LogP contribution in [0.25, 0.3) is 0 Å². The average molecular weight is 186 g/mol. The molecule has 0 aromatic heterocycles. The molecular weight excluding hydrogens is 176 g/mol. The van der Waals surface area contributed by atoms with Gasteiger partial charge in [-0.1, -0.05) is 0 Å². The molecule has 0 radical (unpaired) electrons. The SMILES string of the molecule is O=S([O-])OCCCCCCl. The summed E-state index contributed by atoms with van der Waals surface area (Å²) in [6, 6.07) is 0. The molecule has 0 rings (SSSR count). The van der Waals surface area contributed by atoms with E-state index in [1.807, 2.05) is 0 Å². The molecule has 0 aliphatic heterocycles. The summed E-state index contributed by atoms with van der Waals surface area (Å²) in [5.41, 5.74) is 0. The second-order valence-electron chi connectivity index (χ2n) is 1.78. The zero-order valence-electron chi connectivity index (χ0n) is 5.55. The zero-order valence-corrected chi connectivity index (χ0v) is 7.12. The van der Waals surface area contributed by atoms with Gasteiger partial charge in [-0.15, -0.1) is 11.6 Å². The molecule has 5 heteroatoms. The van der Waals surface area contributed by atoms with E-state index in [0.29, 0.717) is 5.88 Å². The first-order valence-electron chi connectivity index (χ1n) is 3.06. The highest BCUT2D eigenvalue weighted by Gasteiger charge is 1.88. The number of unbranched alkanes of at least 4 members (excludes halogenated alkanes) is 2. The second kappa shape index (κ2) is 7.47. The summed E-state index contributed by atoms with van der Waals surface area (Å²) in [6.45, 7) is 0.271. The lowest BCUT2D eigenvalue weighted by molar-refractivity contribution is 0.292. The van der Waals surface area contributed by atoms with E-state index >= 15 is 0 Å². The molecule has 62 valence electrons. The molecule has 0 aromatic carbocycles. The second-order valence-corrected chi connectivity index (χ2v) is 2.80. The quantitative estimate of drug-likeness (QED) is 0.355. The lowest BCUT2D eigenvalue weighted by Gasteiger charge is -2.03. The fourth-order valence-corrected chi connectivity index (χ4v) is 0.943. The van der Waals surface area contributed by atoms with Crippen molar-refractivity contribution in [3.05, 3.63) is 0 Å². The minimum absolute atomic E-state index is 0.271. The van der Waals surface area contributed by atoms with Crippen LogP contribution < -0.4 is 0 Å². The fourth-order valence-electron chi connectivity index (χ4n) is 0.500. The molecule has 1 unspecified atom stereocenters. The molecule has 0 amide bonds. The molecule has 0 aliphatic carbocycles. The van der Waals surface area contributed by atoms with Crippen LogP contribution in [0.3, 0.4) is 0 Å². The summed E-state index contributed by atoms with van der Waals surface area (Å²) >= 11 is 3.03. The summed E-state index contributed by atoms with van der Waals surface area (Å²) in [5.74, 6) is 0.625. The Bertz CT molecular complexity index is 98.9. The number of hydrogen-bond acceptors (Lipinski definition) is 3. The summed E-state index contributed by atoms with van der Waals surface area (Å²) in [5, 5.41) is 0. The van der Waals surface area contributed by atoms with E-state index in [0.717, 1.165) is 19.3 Å². The van der Waals surface area contributed by atoms with Crippen LogP contribution >= 0.6 is 11.6 Å². The minimum atomic E-state index is -2.35. The van der Waals surface area contributed by atoms with Gasteiger partial charge in [0.05, 0.1) is 18.0 Å². The van der Waals surface area contributed by atoms with Gasteiger partial charge in [-0.2, -0.15) is 0 Å². The van der Waals surface area contributed by atoms with Crippen LogP contribution in [-0.2, 0) is 15.5 Å². The largest absolute Gasteiger partial charge is 0.750 e. The first-order chi connectivity index (χ1) is 4.77. The highest BCUT2D eigenvalue weighted by molar-refractivity contribution is 7.74. The van der Waals surface area contributed by atoms with E-state index in [1.54, 1.807) is 0 Å². The number of hydrogen-bond donors (Lipinski definition) is 0. The standard InChI is InChI=1S/C5H11ClO3S/c6-4-2-1-3-5-9-10(7)8/h1-5H2,(H,7,8)/p-1. The molecule has 0 saturated carbocycles. The molecule has 10 heavy (non-hydrogen) atoms. The van der Waals surface area contributed by atoms with Crippen LogP contribution in [0, 0.1) is 0 Å². The molecule has 0 aliphatic rings. The fraction of sp³-hybridized carbons (Fsp3) is 1.00. The summed E-state index contributed by atoms with van der Waals surface area (Å²) in [4.78, 5) is 0. The Kier molecular flexibility index (Phi) is 7.74. The Morgan fingerprint density at radius 2 is 2.10 bits per heavy atom. The molecule has 0 spiro atoms. The van der Waals surface area contributed by atoms with Crippen molar-refractivity contribution >= 4 is 23.0 Å². The smallest absolute Gasteiger partial charge is 0.0842 e. The third-order valence-corrected chi connectivity index (χ3v) is 1.58. The minimum Gasteiger partial charge on any atom is -0.750 e. The Balaban J connectivity index is 2.84. The molecule has 1 atom stereocenters. The third-order valence-electron chi connectivity index (χ3n) is 0.958. The molecule has 0 heterocycles. The lowest BCUT2D eigenvalue weighted by Crippen LogP contribution is -1.97. The summed E-state index contributed by atoms with van der Waals surface area (Å²) in [6.07, 6.45) is 2.58. The third kappa shape index (κ3) is 8.36. The van der Waals surface area contributed by atoms with Gasteiger partial charge < -0.3 is 8.74 Å². The normalized spacial score (nSPS) is 13.4. The first kappa shape index (κ1) is 10.4. The van der Waals surface area contributed by atoms with Crippen LogP contribution in [0.2, 0.25) is 0 Å². The topological polar surface area (TPSA) is 49.4 Å². The molecule has 3 nitrogen and oxygen atoms in total. The van der Waals surface area contributed by atoms with Crippen LogP contribution in [-0.4, -0.2) is 21.2 Å². The highest BCUT2D eigenvalue weighted by atomic mass is 35.5. The van der Waals surface area contributed by atoms with Gasteiger partial charge in [-0.3, -0.25) is 0 Å². The van der Waals surface area contributed by atoms with Gasteiger partial charge in [0.15, 0.2) is 0 Å². The zero-order chi connectivity index (χ0) is 7.82. The average Bonchev–Trinajstić information content (AvgIpc) is 1.87. The number of halogens is 1. The maximum Gasteiger partial charge on any atom is 0.0842 e. The van der Waals surface area contributed by atoms with Gasteiger partial charge >= 0.3 is 0 Å². The number of alkyl halides is 1.